The van der Waals surface area contributed by atoms with Crippen molar-refractivity contribution < 1.29 is 9.66 Å². The standard InChI is InChI=1S/C42H68N2O3/c1-3-5-7-9-11-13-15-16-17-18-19-20-21-23-25-29-33-43-39-32-28-27-31-37(39)38-35-41(44(45)46)42(36-40(38)43)47-34-30-26-24-22-14-12-10-8-6-4-2/h27-28,31-32,35-36H,3-26,29-30,33-34H2,1-2H3. The summed E-state index contributed by atoms with van der Waals surface area (Å²) in [4.78, 5) is 11.8. The van der Waals surface area contributed by atoms with Gasteiger partial charge in [-0.05, 0) is 18.9 Å². The van der Waals surface area contributed by atoms with Crippen LogP contribution in [0.15, 0.2) is 36.4 Å². The molecule has 0 atom stereocenters. The second kappa shape index (κ2) is 24.6. The highest BCUT2D eigenvalue weighted by Gasteiger charge is 2.21. The number of hydrogen-bond acceptors (Lipinski definition) is 3. The number of rotatable bonds is 30. The van der Waals surface area contributed by atoms with E-state index >= 15 is 0 Å². The Morgan fingerprint density at radius 2 is 1.00 bits per heavy atom. The Labute approximate surface area is 287 Å². The van der Waals surface area contributed by atoms with Crippen LogP contribution in [0.1, 0.15) is 181 Å². The third-order valence-corrected chi connectivity index (χ3v) is 10.0. The van der Waals surface area contributed by atoms with E-state index < -0.39 is 0 Å². The maximum Gasteiger partial charge on any atom is 0.311 e. The van der Waals surface area contributed by atoms with E-state index in [-0.39, 0.29) is 10.6 Å². The van der Waals surface area contributed by atoms with Crippen molar-refractivity contribution in [3.05, 3.63) is 46.5 Å². The highest BCUT2D eigenvalue weighted by Crippen LogP contribution is 2.38. The quantitative estimate of drug-likeness (QED) is 0.0410. The first-order valence-electron chi connectivity index (χ1n) is 20.0. The number of para-hydroxylation sites is 1. The zero-order valence-electron chi connectivity index (χ0n) is 30.4. The Hall–Kier alpha value is -2.56. The average Bonchev–Trinajstić information content (AvgIpc) is 3.38. The Morgan fingerprint density at radius 3 is 1.49 bits per heavy atom. The third-order valence-electron chi connectivity index (χ3n) is 10.0. The predicted octanol–water partition coefficient (Wildman–Crippen LogP) is 14.3. The van der Waals surface area contributed by atoms with Crippen molar-refractivity contribution in [2.24, 2.45) is 0 Å². The predicted molar refractivity (Wildman–Crippen MR) is 203 cm³/mol. The molecule has 5 heteroatoms. The van der Waals surface area contributed by atoms with Gasteiger partial charge < -0.3 is 9.30 Å². The van der Waals surface area contributed by atoms with E-state index in [4.69, 9.17) is 4.74 Å². The summed E-state index contributed by atoms with van der Waals surface area (Å²) in [5, 5.41) is 14.1. The van der Waals surface area contributed by atoms with E-state index in [1.54, 1.807) is 6.07 Å². The number of nitrogens with zero attached hydrogens (tertiary/aromatic N) is 2. The van der Waals surface area contributed by atoms with Gasteiger partial charge in [0.15, 0.2) is 5.75 Å². The van der Waals surface area contributed by atoms with Crippen LogP contribution in [0.25, 0.3) is 21.8 Å². The van der Waals surface area contributed by atoms with E-state index in [1.807, 2.05) is 12.1 Å². The number of hydrogen-bond donors (Lipinski definition) is 0. The molecule has 47 heavy (non-hydrogen) atoms. The molecule has 2 aromatic carbocycles. The van der Waals surface area contributed by atoms with Crippen molar-refractivity contribution in [3.63, 3.8) is 0 Å². The average molecular weight is 649 g/mol. The summed E-state index contributed by atoms with van der Waals surface area (Å²) >= 11 is 0. The Balaban J connectivity index is 1.41. The lowest BCUT2D eigenvalue weighted by atomic mass is 10.0. The highest BCUT2D eigenvalue weighted by atomic mass is 16.6. The smallest absolute Gasteiger partial charge is 0.311 e. The summed E-state index contributed by atoms with van der Waals surface area (Å²) < 4.78 is 8.48. The van der Waals surface area contributed by atoms with Crippen molar-refractivity contribution in [3.8, 4) is 5.75 Å². The SMILES string of the molecule is CCCCCCCCCCCCCCCCCCn1c2ccccc2c2cc([N+](=O)[O-])c(OCCCCCCCCCCCC)cc21. The first kappa shape index (κ1) is 38.9. The number of aryl methyl sites for hydroxylation is 1. The third kappa shape index (κ3) is 14.6. The molecule has 264 valence electrons. The summed E-state index contributed by atoms with van der Waals surface area (Å²) in [7, 11) is 0. The largest absolute Gasteiger partial charge is 0.487 e. The molecule has 0 aliphatic rings. The molecule has 0 N–H and O–H groups in total. The Morgan fingerprint density at radius 1 is 0.553 bits per heavy atom. The zero-order valence-corrected chi connectivity index (χ0v) is 30.4. The van der Waals surface area contributed by atoms with Crippen LogP contribution in [-0.4, -0.2) is 16.1 Å². The van der Waals surface area contributed by atoms with E-state index in [9.17, 15) is 10.1 Å². The lowest BCUT2D eigenvalue weighted by Crippen LogP contribution is -2.02. The van der Waals surface area contributed by atoms with Gasteiger partial charge in [0.05, 0.1) is 17.0 Å². The second-order valence-corrected chi connectivity index (χ2v) is 14.1. The topological polar surface area (TPSA) is 57.3 Å². The van der Waals surface area contributed by atoms with Gasteiger partial charge in [-0.25, -0.2) is 0 Å². The number of ether oxygens (including phenoxy) is 1. The fourth-order valence-electron chi connectivity index (χ4n) is 7.15. The van der Waals surface area contributed by atoms with E-state index in [1.165, 1.54) is 148 Å². The van der Waals surface area contributed by atoms with Gasteiger partial charge in [-0.15, -0.1) is 0 Å². The summed E-state index contributed by atoms with van der Waals surface area (Å²) in [5.41, 5.74) is 2.29. The molecule has 3 rings (SSSR count). The molecule has 0 spiro atoms. The van der Waals surface area contributed by atoms with Crippen molar-refractivity contribution >= 4 is 27.5 Å². The summed E-state index contributed by atoms with van der Waals surface area (Å²) in [6.45, 7) is 6.01. The van der Waals surface area contributed by atoms with Gasteiger partial charge in [0.2, 0.25) is 0 Å². The lowest BCUT2D eigenvalue weighted by molar-refractivity contribution is -0.385. The van der Waals surface area contributed by atoms with Crippen LogP contribution >= 0.6 is 0 Å². The lowest BCUT2D eigenvalue weighted by Gasteiger charge is -2.10. The van der Waals surface area contributed by atoms with Crippen LogP contribution in [-0.2, 0) is 6.54 Å². The van der Waals surface area contributed by atoms with Crippen molar-refractivity contribution in [1.82, 2.24) is 4.57 Å². The Bertz CT molecular complexity index is 1250. The molecule has 3 aromatic rings. The molecule has 0 unspecified atom stereocenters. The molecule has 0 aliphatic carbocycles. The zero-order chi connectivity index (χ0) is 33.4. The van der Waals surface area contributed by atoms with Crippen LogP contribution in [0, 0.1) is 10.1 Å². The van der Waals surface area contributed by atoms with Crippen molar-refractivity contribution in [1.29, 1.82) is 0 Å². The number of unbranched alkanes of at least 4 members (excludes halogenated alkanes) is 24. The van der Waals surface area contributed by atoms with E-state index in [0.717, 1.165) is 47.6 Å². The minimum absolute atomic E-state index is 0.0786. The van der Waals surface area contributed by atoms with Gasteiger partial charge in [-0.3, -0.25) is 10.1 Å². The van der Waals surface area contributed by atoms with Gasteiger partial charge >= 0.3 is 5.69 Å². The molecule has 0 aliphatic heterocycles. The number of nitro benzene ring substituents is 1. The number of aromatic nitrogens is 1. The molecule has 0 saturated heterocycles. The van der Waals surface area contributed by atoms with E-state index in [0.29, 0.717) is 12.4 Å². The number of benzene rings is 2. The first-order chi connectivity index (χ1) is 23.2. The summed E-state index contributed by atoms with van der Waals surface area (Å²) in [6.07, 6.45) is 34.4. The monoisotopic (exact) mass is 649 g/mol. The van der Waals surface area contributed by atoms with Crippen LogP contribution in [0.2, 0.25) is 0 Å². The van der Waals surface area contributed by atoms with Crippen LogP contribution in [0.3, 0.4) is 0 Å². The molecule has 5 nitrogen and oxygen atoms in total. The van der Waals surface area contributed by atoms with Gasteiger partial charge in [-0.1, -0.05) is 186 Å². The fourth-order valence-corrected chi connectivity index (χ4v) is 7.15. The first-order valence-corrected chi connectivity index (χ1v) is 20.0. The minimum Gasteiger partial charge on any atom is -0.487 e. The molecule has 1 aromatic heterocycles. The molecule has 1 heterocycles. The summed E-state index contributed by atoms with van der Waals surface area (Å²) in [5.74, 6) is 0.412. The molecular formula is C42H68N2O3. The highest BCUT2D eigenvalue weighted by molar-refractivity contribution is 6.09. The molecular weight excluding hydrogens is 580 g/mol. The van der Waals surface area contributed by atoms with E-state index in [2.05, 4.69) is 36.6 Å². The van der Waals surface area contributed by atoms with Crippen molar-refractivity contribution in [2.45, 2.75) is 187 Å². The second-order valence-electron chi connectivity index (χ2n) is 14.1. The maximum atomic E-state index is 12.1. The minimum atomic E-state index is -0.283. The normalized spacial score (nSPS) is 11.6. The van der Waals surface area contributed by atoms with Gasteiger partial charge in [0.1, 0.15) is 0 Å². The van der Waals surface area contributed by atoms with Gasteiger partial charge in [0, 0.05) is 35.0 Å². The fraction of sp³-hybridized carbons (Fsp3) is 0.714. The number of nitro groups is 1. The number of fused-ring (bicyclic) bond motifs is 3. The van der Waals surface area contributed by atoms with Crippen molar-refractivity contribution in [2.75, 3.05) is 6.61 Å². The molecule has 0 fully saturated rings. The molecule has 0 amide bonds. The Kier molecular flexibility index (Phi) is 20.3. The van der Waals surface area contributed by atoms with Crippen LogP contribution in [0.4, 0.5) is 5.69 Å². The van der Waals surface area contributed by atoms with Crippen LogP contribution < -0.4 is 4.74 Å². The maximum absolute atomic E-state index is 12.1. The van der Waals surface area contributed by atoms with Crippen LogP contribution in [0.5, 0.6) is 5.75 Å². The van der Waals surface area contributed by atoms with Gasteiger partial charge in [-0.2, -0.15) is 0 Å². The molecule has 0 saturated carbocycles. The van der Waals surface area contributed by atoms with Gasteiger partial charge in [0.25, 0.3) is 0 Å². The molecule has 0 bridgehead atoms. The summed E-state index contributed by atoms with van der Waals surface area (Å²) in [6, 6.07) is 12.0. The molecule has 0 radical (unpaired) electrons.